The normalized spacial score (nSPS) is 10.2. The van der Waals surface area contributed by atoms with Crippen LogP contribution in [0.1, 0.15) is 27.6 Å². The zero-order chi connectivity index (χ0) is 22.2. The van der Waals surface area contributed by atoms with Crippen molar-refractivity contribution in [3.63, 3.8) is 0 Å². The highest BCUT2D eigenvalue weighted by molar-refractivity contribution is 6.12. The summed E-state index contributed by atoms with van der Waals surface area (Å²) in [6.07, 6.45) is 0. The molecule has 0 heterocycles. The lowest BCUT2D eigenvalue weighted by Crippen LogP contribution is -2.18. The second kappa shape index (κ2) is 10.2. The third-order valence-corrected chi connectivity index (χ3v) is 4.47. The van der Waals surface area contributed by atoms with E-state index in [1.807, 2.05) is 6.92 Å². The summed E-state index contributed by atoms with van der Waals surface area (Å²) in [6.45, 7) is 2.35. The molecule has 0 spiro atoms. The van der Waals surface area contributed by atoms with Gasteiger partial charge in [-0.2, -0.15) is 0 Å². The van der Waals surface area contributed by atoms with Gasteiger partial charge in [-0.25, -0.2) is 0 Å². The molecule has 0 unspecified atom stereocenters. The Morgan fingerprint density at radius 3 is 2.35 bits per heavy atom. The Morgan fingerprint density at radius 1 is 0.806 bits per heavy atom. The first-order chi connectivity index (χ1) is 15.0. The SMILES string of the molecule is CCOc1ccc(C(=O)Nc2ccccc2C(=O)Nc2cccc(OC)c2)cc1OC. The van der Waals surface area contributed by atoms with Crippen molar-refractivity contribution in [2.24, 2.45) is 0 Å². The number of rotatable bonds is 8. The quantitative estimate of drug-likeness (QED) is 0.556. The van der Waals surface area contributed by atoms with E-state index in [0.717, 1.165) is 0 Å². The highest BCUT2D eigenvalue weighted by Crippen LogP contribution is 2.29. The lowest BCUT2D eigenvalue weighted by molar-refractivity contribution is 0.102. The van der Waals surface area contributed by atoms with E-state index in [1.54, 1.807) is 73.8 Å². The third kappa shape index (κ3) is 5.33. The minimum Gasteiger partial charge on any atom is -0.497 e. The molecule has 0 aliphatic carbocycles. The van der Waals surface area contributed by atoms with E-state index in [9.17, 15) is 9.59 Å². The highest BCUT2D eigenvalue weighted by Gasteiger charge is 2.16. The van der Waals surface area contributed by atoms with Gasteiger partial charge in [-0.1, -0.05) is 18.2 Å². The molecule has 31 heavy (non-hydrogen) atoms. The van der Waals surface area contributed by atoms with Gasteiger partial charge in [-0.15, -0.1) is 0 Å². The molecule has 3 rings (SSSR count). The second-order valence-electron chi connectivity index (χ2n) is 6.48. The van der Waals surface area contributed by atoms with E-state index in [-0.39, 0.29) is 11.8 Å². The Hall–Kier alpha value is -4.00. The first-order valence-electron chi connectivity index (χ1n) is 9.72. The van der Waals surface area contributed by atoms with Crippen LogP contribution in [0.25, 0.3) is 0 Å². The van der Waals surface area contributed by atoms with E-state index in [2.05, 4.69) is 10.6 Å². The molecule has 0 aromatic heterocycles. The van der Waals surface area contributed by atoms with Gasteiger partial charge < -0.3 is 24.8 Å². The Bertz CT molecular complexity index is 1080. The number of nitrogens with one attached hydrogen (secondary N) is 2. The largest absolute Gasteiger partial charge is 0.497 e. The topological polar surface area (TPSA) is 85.9 Å². The van der Waals surface area contributed by atoms with E-state index < -0.39 is 0 Å². The van der Waals surface area contributed by atoms with Crippen molar-refractivity contribution in [3.8, 4) is 17.2 Å². The van der Waals surface area contributed by atoms with Crippen LogP contribution in [-0.2, 0) is 0 Å². The number of amides is 2. The van der Waals surface area contributed by atoms with Crippen LogP contribution >= 0.6 is 0 Å². The molecule has 0 radical (unpaired) electrons. The fourth-order valence-corrected chi connectivity index (χ4v) is 2.97. The van der Waals surface area contributed by atoms with Crippen LogP contribution in [0.3, 0.4) is 0 Å². The van der Waals surface area contributed by atoms with Crippen LogP contribution in [0.4, 0.5) is 11.4 Å². The van der Waals surface area contributed by atoms with Crippen LogP contribution in [0.15, 0.2) is 66.7 Å². The molecular formula is C24H24N2O5. The molecule has 2 N–H and O–H groups in total. The Kier molecular flexibility index (Phi) is 7.11. The van der Waals surface area contributed by atoms with Gasteiger partial charge in [0.2, 0.25) is 0 Å². The molecule has 0 aliphatic rings. The van der Waals surface area contributed by atoms with Crippen LogP contribution in [0, 0.1) is 0 Å². The number of anilines is 2. The zero-order valence-corrected chi connectivity index (χ0v) is 17.6. The van der Waals surface area contributed by atoms with Crippen molar-refractivity contribution in [1.29, 1.82) is 0 Å². The highest BCUT2D eigenvalue weighted by atomic mass is 16.5. The molecule has 160 valence electrons. The number of carbonyl (C=O) groups excluding carboxylic acids is 2. The summed E-state index contributed by atoms with van der Waals surface area (Å²) >= 11 is 0. The van der Waals surface area contributed by atoms with Crippen molar-refractivity contribution < 1.29 is 23.8 Å². The maximum Gasteiger partial charge on any atom is 0.257 e. The molecule has 0 atom stereocenters. The summed E-state index contributed by atoms with van der Waals surface area (Å²) in [7, 11) is 3.07. The zero-order valence-electron chi connectivity index (χ0n) is 17.6. The van der Waals surface area contributed by atoms with Crippen molar-refractivity contribution in [1.82, 2.24) is 0 Å². The Labute approximate surface area is 180 Å². The summed E-state index contributed by atoms with van der Waals surface area (Å²) in [5, 5.41) is 5.62. The predicted molar refractivity (Wildman–Crippen MR) is 120 cm³/mol. The van der Waals surface area contributed by atoms with Crippen molar-refractivity contribution in [2.45, 2.75) is 6.92 Å². The smallest absolute Gasteiger partial charge is 0.257 e. The van der Waals surface area contributed by atoms with Crippen LogP contribution in [-0.4, -0.2) is 32.6 Å². The first-order valence-corrected chi connectivity index (χ1v) is 9.72. The second-order valence-corrected chi connectivity index (χ2v) is 6.48. The monoisotopic (exact) mass is 420 g/mol. The van der Waals surface area contributed by atoms with E-state index in [1.165, 1.54) is 7.11 Å². The molecule has 2 amide bonds. The molecule has 7 nitrogen and oxygen atoms in total. The van der Waals surface area contributed by atoms with Gasteiger partial charge in [0.15, 0.2) is 11.5 Å². The summed E-state index contributed by atoms with van der Waals surface area (Å²) in [6, 6.07) is 18.7. The lowest BCUT2D eigenvalue weighted by Gasteiger charge is -2.13. The van der Waals surface area contributed by atoms with E-state index in [4.69, 9.17) is 14.2 Å². The average molecular weight is 420 g/mol. The third-order valence-electron chi connectivity index (χ3n) is 4.47. The number of carbonyl (C=O) groups is 2. The summed E-state index contributed by atoms with van der Waals surface area (Å²) < 4.78 is 16.0. The number of methoxy groups -OCH3 is 2. The molecule has 0 fully saturated rings. The van der Waals surface area contributed by atoms with Gasteiger partial charge in [0.25, 0.3) is 11.8 Å². The van der Waals surface area contributed by atoms with E-state index >= 15 is 0 Å². The summed E-state index contributed by atoms with van der Waals surface area (Å²) in [4.78, 5) is 25.6. The molecular weight excluding hydrogens is 396 g/mol. The van der Waals surface area contributed by atoms with Gasteiger partial charge in [-0.05, 0) is 49.4 Å². The van der Waals surface area contributed by atoms with Gasteiger partial charge >= 0.3 is 0 Å². The van der Waals surface area contributed by atoms with Gasteiger partial charge in [0, 0.05) is 17.3 Å². The summed E-state index contributed by atoms with van der Waals surface area (Å²) in [5.74, 6) is 0.915. The van der Waals surface area contributed by atoms with Crippen molar-refractivity contribution in [3.05, 3.63) is 77.9 Å². The standard InChI is InChI=1S/C24H24N2O5/c1-4-31-21-13-12-16(14-22(21)30-3)23(27)26-20-11-6-5-10-19(20)24(28)25-17-8-7-9-18(15-17)29-2/h5-15H,4H2,1-3H3,(H,25,28)(H,26,27). The average Bonchev–Trinajstić information content (AvgIpc) is 2.79. The number of para-hydroxylation sites is 1. The lowest BCUT2D eigenvalue weighted by atomic mass is 10.1. The molecule has 0 saturated carbocycles. The van der Waals surface area contributed by atoms with Gasteiger partial charge in [0.05, 0.1) is 32.1 Å². The minimum atomic E-state index is -0.372. The van der Waals surface area contributed by atoms with Gasteiger partial charge in [-0.3, -0.25) is 9.59 Å². The Balaban J connectivity index is 1.80. The van der Waals surface area contributed by atoms with Crippen LogP contribution < -0.4 is 24.8 Å². The maximum atomic E-state index is 12.8. The Morgan fingerprint density at radius 2 is 1.61 bits per heavy atom. The predicted octanol–water partition coefficient (Wildman–Crippen LogP) is 4.61. The molecule has 0 aliphatic heterocycles. The number of hydrogen-bond donors (Lipinski definition) is 2. The van der Waals surface area contributed by atoms with Crippen LogP contribution in [0.2, 0.25) is 0 Å². The molecule has 3 aromatic rings. The maximum absolute atomic E-state index is 12.8. The fourth-order valence-electron chi connectivity index (χ4n) is 2.97. The van der Waals surface area contributed by atoms with Crippen molar-refractivity contribution in [2.75, 3.05) is 31.5 Å². The number of ether oxygens (including phenoxy) is 3. The minimum absolute atomic E-state index is 0.330. The fraction of sp³-hybridized carbons (Fsp3) is 0.167. The van der Waals surface area contributed by atoms with Crippen molar-refractivity contribution >= 4 is 23.2 Å². The molecule has 7 heteroatoms. The van der Waals surface area contributed by atoms with E-state index in [0.29, 0.717) is 46.4 Å². The molecule has 0 bridgehead atoms. The number of benzene rings is 3. The first kappa shape index (κ1) is 21.7. The molecule has 0 saturated heterocycles. The van der Waals surface area contributed by atoms with Gasteiger partial charge in [0.1, 0.15) is 5.75 Å². The molecule has 3 aromatic carbocycles. The van der Waals surface area contributed by atoms with Crippen LogP contribution in [0.5, 0.6) is 17.2 Å². The number of hydrogen-bond acceptors (Lipinski definition) is 5. The summed E-state index contributed by atoms with van der Waals surface area (Å²) in [5.41, 5.74) is 1.68.